The summed E-state index contributed by atoms with van der Waals surface area (Å²) in [5.41, 5.74) is 0. The Balaban J connectivity index is 2.40. The number of carbonyl (C=O) groups excluding carboxylic acids is 1. The zero-order chi connectivity index (χ0) is 8.97. The number of halogens is 1. The fraction of sp³-hybridized carbons (Fsp3) is 0.875. The lowest BCUT2D eigenvalue weighted by molar-refractivity contribution is -0.129. The quantitative estimate of drug-likeness (QED) is 0.641. The summed E-state index contributed by atoms with van der Waals surface area (Å²) in [7, 11) is 1.93. The van der Waals surface area contributed by atoms with E-state index in [4.69, 9.17) is 11.6 Å². The SMILES string of the molecule is CNC1CCCN(C(=O)CCl)C1. The van der Waals surface area contributed by atoms with Crippen molar-refractivity contribution < 1.29 is 4.79 Å². The molecule has 0 saturated carbocycles. The van der Waals surface area contributed by atoms with E-state index < -0.39 is 0 Å². The number of hydrogen-bond acceptors (Lipinski definition) is 2. The summed E-state index contributed by atoms with van der Waals surface area (Å²) in [6.45, 7) is 1.67. The molecule has 1 aliphatic heterocycles. The topological polar surface area (TPSA) is 32.3 Å². The normalized spacial score (nSPS) is 24.2. The molecule has 0 radical (unpaired) electrons. The Morgan fingerprint density at radius 2 is 2.50 bits per heavy atom. The zero-order valence-corrected chi connectivity index (χ0v) is 8.10. The largest absolute Gasteiger partial charge is 0.340 e. The van der Waals surface area contributed by atoms with Crippen molar-refractivity contribution in [2.75, 3.05) is 26.0 Å². The van der Waals surface area contributed by atoms with E-state index in [9.17, 15) is 4.79 Å². The maximum atomic E-state index is 11.2. The van der Waals surface area contributed by atoms with Gasteiger partial charge in [0.1, 0.15) is 5.88 Å². The highest BCUT2D eigenvalue weighted by atomic mass is 35.5. The maximum absolute atomic E-state index is 11.2. The van der Waals surface area contributed by atoms with Crippen LogP contribution in [0.25, 0.3) is 0 Å². The fourth-order valence-electron chi connectivity index (χ4n) is 1.52. The van der Waals surface area contributed by atoms with E-state index in [0.717, 1.165) is 25.9 Å². The van der Waals surface area contributed by atoms with Gasteiger partial charge in [0, 0.05) is 19.1 Å². The number of alkyl halides is 1. The number of hydrogen-bond donors (Lipinski definition) is 1. The second kappa shape index (κ2) is 4.67. The summed E-state index contributed by atoms with van der Waals surface area (Å²) in [5.74, 6) is 0.160. The summed E-state index contributed by atoms with van der Waals surface area (Å²) in [4.78, 5) is 13.0. The van der Waals surface area contributed by atoms with Crippen LogP contribution in [0.3, 0.4) is 0 Å². The molecule has 0 aromatic carbocycles. The second-order valence-corrected chi connectivity index (χ2v) is 3.37. The van der Waals surface area contributed by atoms with E-state index in [1.165, 1.54) is 0 Å². The monoisotopic (exact) mass is 190 g/mol. The van der Waals surface area contributed by atoms with Gasteiger partial charge in [-0.3, -0.25) is 4.79 Å². The Kier molecular flexibility index (Phi) is 3.82. The molecule has 1 N–H and O–H groups in total. The van der Waals surface area contributed by atoms with Crippen LogP contribution in [0.2, 0.25) is 0 Å². The number of likely N-dealkylation sites (tertiary alicyclic amines) is 1. The van der Waals surface area contributed by atoms with E-state index in [1.54, 1.807) is 0 Å². The molecule has 1 aliphatic rings. The third-order valence-corrected chi connectivity index (χ3v) is 2.53. The van der Waals surface area contributed by atoms with Crippen molar-refractivity contribution in [2.24, 2.45) is 0 Å². The van der Waals surface area contributed by atoms with Crippen LogP contribution in [-0.2, 0) is 4.79 Å². The minimum absolute atomic E-state index is 0.0524. The minimum atomic E-state index is 0.0524. The number of rotatable bonds is 2. The van der Waals surface area contributed by atoms with Gasteiger partial charge >= 0.3 is 0 Å². The van der Waals surface area contributed by atoms with E-state index >= 15 is 0 Å². The van der Waals surface area contributed by atoms with Crippen molar-refractivity contribution in [3.05, 3.63) is 0 Å². The van der Waals surface area contributed by atoms with Gasteiger partial charge in [-0.2, -0.15) is 0 Å². The Bertz CT molecular complexity index is 163. The Labute approximate surface area is 78.1 Å². The van der Waals surface area contributed by atoms with Gasteiger partial charge in [-0.15, -0.1) is 11.6 Å². The van der Waals surface area contributed by atoms with E-state index in [-0.39, 0.29) is 11.8 Å². The maximum Gasteiger partial charge on any atom is 0.237 e. The summed E-state index contributed by atoms with van der Waals surface area (Å²) in [6.07, 6.45) is 2.23. The first-order valence-electron chi connectivity index (χ1n) is 4.29. The van der Waals surface area contributed by atoms with Gasteiger partial charge in [0.2, 0.25) is 5.91 Å². The highest BCUT2D eigenvalue weighted by molar-refractivity contribution is 6.27. The lowest BCUT2D eigenvalue weighted by atomic mass is 10.1. The van der Waals surface area contributed by atoms with Crippen LogP contribution >= 0.6 is 11.6 Å². The van der Waals surface area contributed by atoms with Crippen LogP contribution in [0.1, 0.15) is 12.8 Å². The first-order chi connectivity index (χ1) is 5.77. The van der Waals surface area contributed by atoms with Crippen molar-refractivity contribution in [1.82, 2.24) is 10.2 Å². The van der Waals surface area contributed by atoms with Gasteiger partial charge in [0.15, 0.2) is 0 Å². The molecule has 1 heterocycles. The highest BCUT2D eigenvalue weighted by Crippen LogP contribution is 2.09. The van der Waals surface area contributed by atoms with Crippen molar-refractivity contribution in [3.8, 4) is 0 Å². The van der Waals surface area contributed by atoms with Crippen molar-refractivity contribution in [2.45, 2.75) is 18.9 Å². The first kappa shape index (κ1) is 9.81. The van der Waals surface area contributed by atoms with Crippen LogP contribution < -0.4 is 5.32 Å². The molecule has 1 atom stereocenters. The van der Waals surface area contributed by atoms with Crippen LogP contribution in [0.4, 0.5) is 0 Å². The molecule has 1 amide bonds. The van der Waals surface area contributed by atoms with Gasteiger partial charge in [0.25, 0.3) is 0 Å². The molecular weight excluding hydrogens is 176 g/mol. The second-order valence-electron chi connectivity index (χ2n) is 3.10. The molecule has 0 aliphatic carbocycles. The summed E-state index contributed by atoms with van der Waals surface area (Å²) >= 11 is 5.46. The van der Waals surface area contributed by atoms with E-state index in [0.29, 0.717) is 6.04 Å². The molecule has 4 heteroatoms. The van der Waals surface area contributed by atoms with Gasteiger partial charge in [-0.1, -0.05) is 0 Å². The molecule has 0 spiro atoms. The summed E-state index contributed by atoms with van der Waals surface area (Å²) in [5, 5.41) is 3.18. The van der Waals surface area contributed by atoms with E-state index in [2.05, 4.69) is 5.32 Å². The van der Waals surface area contributed by atoms with Gasteiger partial charge in [-0.05, 0) is 19.9 Å². The number of nitrogens with zero attached hydrogens (tertiary/aromatic N) is 1. The predicted molar refractivity (Wildman–Crippen MR) is 49.4 cm³/mol. The molecule has 3 nitrogen and oxygen atoms in total. The third-order valence-electron chi connectivity index (χ3n) is 2.30. The van der Waals surface area contributed by atoms with Crippen LogP contribution in [0.15, 0.2) is 0 Å². The average Bonchev–Trinajstić information content (AvgIpc) is 2.17. The van der Waals surface area contributed by atoms with E-state index in [1.807, 2.05) is 11.9 Å². The summed E-state index contributed by atoms with van der Waals surface area (Å²) in [6, 6.07) is 0.450. The van der Waals surface area contributed by atoms with Crippen molar-refractivity contribution in [1.29, 1.82) is 0 Å². The Hall–Kier alpha value is -0.280. The molecule has 1 fully saturated rings. The predicted octanol–water partition coefficient (Wildman–Crippen LogP) is 0.436. The number of amides is 1. The van der Waals surface area contributed by atoms with Crippen molar-refractivity contribution >= 4 is 17.5 Å². The third kappa shape index (κ3) is 2.35. The van der Waals surface area contributed by atoms with Crippen molar-refractivity contribution in [3.63, 3.8) is 0 Å². The molecule has 0 bridgehead atoms. The molecule has 1 saturated heterocycles. The Morgan fingerprint density at radius 1 is 1.75 bits per heavy atom. The fourth-order valence-corrected chi connectivity index (χ4v) is 1.69. The molecular formula is C8H15ClN2O. The van der Waals surface area contributed by atoms with Gasteiger partial charge in [0.05, 0.1) is 0 Å². The lowest BCUT2D eigenvalue weighted by Crippen LogP contribution is -2.47. The number of piperidine rings is 1. The zero-order valence-electron chi connectivity index (χ0n) is 7.35. The smallest absolute Gasteiger partial charge is 0.237 e. The molecule has 0 aromatic heterocycles. The van der Waals surface area contributed by atoms with Crippen LogP contribution in [-0.4, -0.2) is 42.9 Å². The number of likely N-dealkylation sites (N-methyl/N-ethyl adjacent to an activating group) is 1. The summed E-state index contributed by atoms with van der Waals surface area (Å²) < 4.78 is 0. The number of carbonyl (C=O) groups is 1. The molecule has 1 unspecified atom stereocenters. The van der Waals surface area contributed by atoms with Gasteiger partial charge in [-0.25, -0.2) is 0 Å². The lowest BCUT2D eigenvalue weighted by Gasteiger charge is -2.32. The number of nitrogens with one attached hydrogen (secondary N) is 1. The van der Waals surface area contributed by atoms with Crippen LogP contribution in [0, 0.1) is 0 Å². The standard InChI is InChI=1S/C8H15ClN2O/c1-10-7-3-2-4-11(6-7)8(12)5-9/h7,10H,2-6H2,1H3. The minimum Gasteiger partial charge on any atom is -0.340 e. The molecule has 12 heavy (non-hydrogen) atoms. The van der Waals surface area contributed by atoms with Crippen LogP contribution in [0.5, 0.6) is 0 Å². The highest BCUT2D eigenvalue weighted by Gasteiger charge is 2.21. The molecule has 70 valence electrons. The average molecular weight is 191 g/mol. The molecule has 0 aromatic rings. The first-order valence-corrected chi connectivity index (χ1v) is 4.82. The Morgan fingerprint density at radius 3 is 3.08 bits per heavy atom. The van der Waals surface area contributed by atoms with Gasteiger partial charge < -0.3 is 10.2 Å². The molecule has 1 rings (SSSR count).